The average Bonchev–Trinajstić information content (AvgIpc) is 3.98. The van der Waals surface area contributed by atoms with Crippen molar-refractivity contribution in [3.05, 3.63) is 107 Å². The Hall–Kier alpha value is -5.53. The molecule has 2 fully saturated rings. The Morgan fingerprint density at radius 2 is 1.54 bits per heavy atom. The van der Waals surface area contributed by atoms with Crippen LogP contribution in [0.2, 0.25) is 0 Å². The number of ether oxygens (including phenoxy) is 10. The maximum atomic E-state index is 13.8. The Kier molecular flexibility index (Phi) is 8.04. The lowest BCUT2D eigenvalue weighted by atomic mass is 9.88. The number of carbonyl (C=O) groups is 1. The van der Waals surface area contributed by atoms with Gasteiger partial charge in [-0.2, -0.15) is 0 Å². The molecule has 0 amide bonds. The van der Waals surface area contributed by atoms with Gasteiger partial charge in [-0.05, 0) is 29.1 Å². The fourth-order valence-corrected chi connectivity index (χ4v) is 7.24. The molecule has 0 saturated carbocycles. The molecular weight excluding hydrogens is 672 g/mol. The predicted octanol–water partition coefficient (Wildman–Crippen LogP) is 6.08. The molecule has 0 radical (unpaired) electrons. The molecule has 0 aliphatic carbocycles. The van der Waals surface area contributed by atoms with Gasteiger partial charge >= 0.3 is 5.97 Å². The predicted molar refractivity (Wildman–Crippen MR) is 184 cm³/mol. The van der Waals surface area contributed by atoms with Crippen molar-refractivity contribution in [1.82, 2.24) is 0 Å². The highest BCUT2D eigenvalue weighted by molar-refractivity contribution is 6.14. The van der Waals surface area contributed by atoms with Crippen LogP contribution in [-0.4, -0.2) is 63.3 Å². The summed E-state index contributed by atoms with van der Waals surface area (Å²) in [6.45, 7) is -0.106. The smallest absolute Gasteiger partial charge is 0.339 e. The van der Waals surface area contributed by atoms with E-state index in [0.29, 0.717) is 62.0 Å². The van der Waals surface area contributed by atoms with Gasteiger partial charge in [-0.15, -0.1) is 0 Å². The molecule has 12 heteroatoms. The molecule has 2 saturated heterocycles. The normalized spacial score (nSPS) is 22.6. The Balaban J connectivity index is 1.20. The number of benzene rings is 5. The number of hydrogen-bond acceptors (Lipinski definition) is 12. The van der Waals surface area contributed by atoms with Crippen LogP contribution in [0, 0.1) is 0 Å². The number of methoxy groups -OCH3 is 2. The van der Waals surface area contributed by atoms with Crippen LogP contribution in [0.5, 0.6) is 34.5 Å². The molecule has 0 aromatic heterocycles. The van der Waals surface area contributed by atoms with Gasteiger partial charge in [-0.3, -0.25) is 0 Å². The minimum absolute atomic E-state index is 0.0201. The van der Waals surface area contributed by atoms with Crippen molar-refractivity contribution in [2.45, 2.75) is 37.5 Å². The van der Waals surface area contributed by atoms with Gasteiger partial charge < -0.3 is 52.5 Å². The van der Waals surface area contributed by atoms with Gasteiger partial charge in [0.1, 0.15) is 24.7 Å². The second-order valence-corrected chi connectivity index (χ2v) is 12.8. The third-order valence-electron chi connectivity index (χ3n) is 9.84. The average molecular weight is 707 g/mol. The van der Waals surface area contributed by atoms with Crippen molar-refractivity contribution in [1.29, 1.82) is 0 Å². The first kappa shape index (κ1) is 32.4. The minimum Gasteiger partial charge on any atom is -0.493 e. The van der Waals surface area contributed by atoms with E-state index in [4.69, 9.17) is 47.4 Å². The van der Waals surface area contributed by atoms with Gasteiger partial charge in [0.25, 0.3) is 0 Å². The van der Waals surface area contributed by atoms with Crippen LogP contribution in [-0.2, 0) is 32.2 Å². The molecule has 12 nitrogen and oxygen atoms in total. The molecule has 4 heterocycles. The standard InChI is InChI=1S/C40H34O12/c1-43-29-13-24-25(14-30(29)44-2)35(50-39-36-40(19-41,20-47-39)52-38(51-36)23-11-7-4-8-12-23)27-18-46-37(42)34(27)33(24)26-15-31-32(49-21-48-31)16-28(26)45-17-22-9-5-3-6-10-22/h3-16,36,38-39,41H,17-21H2,1-2H3/t36-,38?,39-,40+/m0/s1. The molecular formula is C40H34O12. The fourth-order valence-electron chi connectivity index (χ4n) is 7.24. The van der Waals surface area contributed by atoms with Gasteiger partial charge in [0.15, 0.2) is 41.0 Å². The highest BCUT2D eigenvalue weighted by Gasteiger charge is 2.60. The fraction of sp³-hybridized carbons (Fsp3) is 0.275. The quantitative estimate of drug-likeness (QED) is 0.169. The van der Waals surface area contributed by atoms with Crippen molar-refractivity contribution < 1.29 is 57.3 Å². The van der Waals surface area contributed by atoms with Crippen molar-refractivity contribution in [2.75, 3.05) is 34.2 Å². The zero-order chi connectivity index (χ0) is 35.4. The van der Waals surface area contributed by atoms with E-state index in [2.05, 4.69) is 0 Å². The largest absolute Gasteiger partial charge is 0.493 e. The summed E-state index contributed by atoms with van der Waals surface area (Å²) in [5.74, 6) is 2.14. The lowest BCUT2D eigenvalue weighted by Crippen LogP contribution is -2.45. The number of cyclic esters (lactones) is 1. The SMILES string of the molecule is COc1cc2c(O[C@@H]3OC[C@@]4(CO)OC(c5ccccc5)O[C@@H]34)c3c(c(-c4cc5c(cc4OCc4ccccc4)OCO5)c2cc1OC)C(=O)OC3. The molecule has 4 aliphatic heterocycles. The van der Waals surface area contributed by atoms with Crippen LogP contribution in [0.4, 0.5) is 0 Å². The van der Waals surface area contributed by atoms with Crippen LogP contribution in [0.3, 0.4) is 0 Å². The number of aliphatic hydroxyl groups is 1. The van der Waals surface area contributed by atoms with Crippen molar-refractivity contribution in [3.8, 4) is 45.6 Å². The van der Waals surface area contributed by atoms with Crippen LogP contribution < -0.4 is 28.4 Å². The summed E-state index contributed by atoms with van der Waals surface area (Å²) in [7, 11) is 3.08. The van der Waals surface area contributed by atoms with Gasteiger partial charge in [0.2, 0.25) is 13.1 Å². The summed E-state index contributed by atoms with van der Waals surface area (Å²) in [6, 6.07) is 26.4. The molecule has 5 aromatic carbocycles. The number of carbonyl (C=O) groups excluding carboxylic acids is 1. The van der Waals surface area contributed by atoms with E-state index < -0.39 is 30.3 Å². The molecule has 9 rings (SSSR count). The second-order valence-electron chi connectivity index (χ2n) is 12.8. The first-order chi connectivity index (χ1) is 25.5. The minimum atomic E-state index is -1.17. The first-order valence-electron chi connectivity index (χ1n) is 16.8. The van der Waals surface area contributed by atoms with Crippen LogP contribution in [0.25, 0.3) is 21.9 Å². The zero-order valence-electron chi connectivity index (χ0n) is 28.3. The van der Waals surface area contributed by atoms with E-state index in [1.807, 2.05) is 66.7 Å². The number of rotatable bonds is 10. The van der Waals surface area contributed by atoms with Crippen molar-refractivity contribution >= 4 is 16.7 Å². The highest BCUT2D eigenvalue weighted by atomic mass is 16.8. The molecule has 5 aromatic rings. The zero-order valence-corrected chi connectivity index (χ0v) is 28.3. The first-order valence-corrected chi connectivity index (χ1v) is 16.8. The van der Waals surface area contributed by atoms with Gasteiger partial charge in [0.05, 0.1) is 33.0 Å². The Morgan fingerprint density at radius 3 is 2.27 bits per heavy atom. The van der Waals surface area contributed by atoms with E-state index in [0.717, 1.165) is 11.1 Å². The molecule has 1 N–H and O–H groups in total. The monoisotopic (exact) mass is 706 g/mol. The number of fused-ring (bicyclic) bond motifs is 4. The molecule has 52 heavy (non-hydrogen) atoms. The van der Waals surface area contributed by atoms with Gasteiger partial charge in [-0.1, -0.05) is 60.7 Å². The molecule has 1 unspecified atom stereocenters. The molecule has 0 bridgehead atoms. The van der Waals surface area contributed by atoms with E-state index in [9.17, 15) is 9.90 Å². The molecule has 4 aliphatic rings. The number of aliphatic hydroxyl groups excluding tert-OH is 1. The molecule has 266 valence electrons. The topological polar surface area (TPSA) is 130 Å². The number of hydrogen-bond donors (Lipinski definition) is 1. The summed E-state index contributed by atoms with van der Waals surface area (Å²) in [5.41, 5.74) is 2.47. The maximum Gasteiger partial charge on any atom is 0.339 e. The van der Waals surface area contributed by atoms with E-state index in [1.165, 1.54) is 0 Å². The lowest BCUT2D eigenvalue weighted by molar-refractivity contribution is -0.166. The van der Waals surface area contributed by atoms with Gasteiger partial charge in [0, 0.05) is 33.7 Å². The Morgan fingerprint density at radius 1 is 0.827 bits per heavy atom. The third-order valence-corrected chi connectivity index (χ3v) is 9.84. The summed E-state index contributed by atoms with van der Waals surface area (Å²) in [5, 5.41) is 11.7. The van der Waals surface area contributed by atoms with Gasteiger partial charge in [-0.25, -0.2) is 4.79 Å². The summed E-state index contributed by atoms with van der Waals surface area (Å²) >= 11 is 0. The van der Waals surface area contributed by atoms with E-state index >= 15 is 0 Å². The number of esters is 1. The van der Waals surface area contributed by atoms with E-state index in [1.54, 1.807) is 32.4 Å². The Bertz CT molecular complexity index is 2170. The van der Waals surface area contributed by atoms with Crippen LogP contribution in [0.15, 0.2) is 84.9 Å². The van der Waals surface area contributed by atoms with E-state index in [-0.39, 0.29) is 38.8 Å². The summed E-state index contributed by atoms with van der Waals surface area (Å²) < 4.78 is 60.8. The third kappa shape index (κ3) is 5.25. The van der Waals surface area contributed by atoms with Crippen molar-refractivity contribution in [2.24, 2.45) is 0 Å². The maximum absolute atomic E-state index is 13.8. The summed E-state index contributed by atoms with van der Waals surface area (Å²) in [6.07, 6.45) is -2.57. The lowest BCUT2D eigenvalue weighted by Gasteiger charge is -2.25. The second kappa shape index (κ2) is 12.9. The summed E-state index contributed by atoms with van der Waals surface area (Å²) in [4.78, 5) is 13.8. The van der Waals surface area contributed by atoms with Crippen LogP contribution in [0.1, 0.15) is 33.3 Å². The highest BCUT2D eigenvalue weighted by Crippen LogP contribution is 2.53. The van der Waals surface area contributed by atoms with Crippen LogP contribution >= 0.6 is 0 Å². The molecule has 4 atom stereocenters. The molecule has 0 spiro atoms. The Labute approximate surface area is 298 Å². The van der Waals surface area contributed by atoms with Crippen molar-refractivity contribution in [3.63, 3.8) is 0 Å².